The summed E-state index contributed by atoms with van der Waals surface area (Å²) in [7, 11) is 0. The molecule has 1 aliphatic heterocycles. The summed E-state index contributed by atoms with van der Waals surface area (Å²) in [5, 5.41) is 18.1. The van der Waals surface area contributed by atoms with E-state index < -0.39 is 4.92 Å². The lowest BCUT2D eigenvalue weighted by atomic mass is 10.1. The summed E-state index contributed by atoms with van der Waals surface area (Å²) in [6.07, 6.45) is 1.39. The number of benzene rings is 3. The van der Waals surface area contributed by atoms with E-state index in [1.54, 1.807) is 16.8 Å². The third-order valence-corrected chi connectivity index (χ3v) is 6.20. The molecule has 1 aromatic heterocycles. The van der Waals surface area contributed by atoms with Gasteiger partial charge < -0.3 is 9.47 Å². The highest BCUT2D eigenvalue weighted by molar-refractivity contribution is 9.10. The van der Waals surface area contributed by atoms with Gasteiger partial charge in [0, 0.05) is 15.4 Å². The van der Waals surface area contributed by atoms with Gasteiger partial charge >= 0.3 is 0 Å². The maximum Gasteiger partial charge on any atom is 0.282 e. The molecule has 5 rings (SSSR count). The van der Waals surface area contributed by atoms with Crippen molar-refractivity contribution in [3.8, 4) is 22.8 Å². The molecule has 0 saturated carbocycles. The summed E-state index contributed by atoms with van der Waals surface area (Å²) in [5.74, 6) is 0.362. The van der Waals surface area contributed by atoms with Crippen LogP contribution in [0.2, 0.25) is 0 Å². The second-order valence-corrected chi connectivity index (χ2v) is 8.83. The Kier molecular flexibility index (Phi) is 5.95. The van der Waals surface area contributed by atoms with E-state index in [0.29, 0.717) is 22.0 Å². The minimum Gasteiger partial charge on any atom is -0.454 e. The number of aromatic nitrogens is 1. The lowest BCUT2D eigenvalue weighted by Crippen LogP contribution is -2.11. The van der Waals surface area contributed by atoms with Crippen LogP contribution in [0.5, 0.6) is 11.5 Å². The van der Waals surface area contributed by atoms with Gasteiger partial charge in [-0.25, -0.2) is 14.1 Å². The third kappa shape index (κ3) is 4.47. The van der Waals surface area contributed by atoms with Gasteiger partial charge in [0.05, 0.1) is 34.1 Å². The molecule has 8 nitrogen and oxygen atoms in total. The summed E-state index contributed by atoms with van der Waals surface area (Å²) >= 11 is 4.81. The fourth-order valence-electron chi connectivity index (χ4n) is 3.29. The Labute approximate surface area is 204 Å². The fraction of sp³-hybridized carbons (Fsp3) is 0.0435. The van der Waals surface area contributed by atoms with Crippen molar-refractivity contribution >= 4 is 44.9 Å². The zero-order valence-electron chi connectivity index (χ0n) is 17.2. The van der Waals surface area contributed by atoms with Gasteiger partial charge in [-0.1, -0.05) is 28.1 Å². The van der Waals surface area contributed by atoms with E-state index >= 15 is 0 Å². The summed E-state index contributed by atoms with van der Waals surface area (Å²) in [6, 6.07) is 16.3. The molecule has 0 amide bonds. The fourth-order valence-corrected chi connectivity index (χ4v) is 4.54. The van der Waals surface area contributed by atoms with Crippen molar-refractivity contribution in [1.29, 1.82) is 0 Å². The molecule has 2 heterocycles. The Balaban J connectivity index is 1.65. The number of nitro benzene ring substituents is 1. The Hall–Kier alpha value is -3.83. The van der Waals surface area contributed by atoms with E-state index in [0.717, 1.165) is 15.7 Å². The van der Waals surface area contributed by atoms with Gasteiger partial charge in [0.25, 0.3) is 5.69 Å². The molecule has 0 unspecified atom stereocenters. The largest absolute Gasteiger partial charge is 0.454 e. The number of hydrogen-bond acceptors (Lipinski definition) is 7. The lowest BCUT2D eigenvalue weighted by Gasteiger charge is -2.05. The van der Waals surface area contributed by atoms with E-state index in [1.807, 2.05) is 29.6 Å². The molecule has 0 radical (unpaired) electrons. The first kappa shape index (κ1) is 22.0. The number of thiazole rings is 1. The zero-order chi connectivity index (χ0) is 23.7. The standard InChI is InChI=1S/C23H14BrFN4O4S/c24-16-3-1-2-14(8-16)20-12-34-23(27-18-6-4-17(25)5-7-18)28(20)26-11-15-9-21-22(33-13-32-21)10-19(15)29(30)31/h1-12H,13H2. The molecule has 0 bridgehead atoms. The van der Waals surface area contributed by atoms with Crippen LogP contribution in [-0.4, -0.2) is 22.6 Å². The van der Waals surface area contributed by atoms with Crippen molar-refractivity contribution in [2.24, 2.45) is 10.1 Å². The van der Waals surface area contributed by atoms with Gasteiger partial charge in [-0.15, -0.1) is 11.3 Å². The van der Waals surface area contributed by atoms with Crippen molar-refractivity contribution in [2.45, 2.75) is 0 Å². The molecule has 3 aromatic carbocycles. The lowest BCUT2D eigenvalue weighted by molar-refractivity contribution is -0.385. The smallest absolute Gasteiger partial charge is 0.282 e. The zero-order valence-corrected chi connectivity index (χ0v) is 19.6. The highest BCUT2D eigenvalue weighted by atomic mass is 79.9. The van der Waals surface area contributed by atoms with Crippen LogP contribution >= 0.6 is 27.3 Å². The van der Waals surface area contributed by atoms with Crippen LogP contribution in [0.1, 0.15) is 5.56 Å². The van der Waals surface area contributed by atoms with Gasteiger partial charge in [-0.05, 0) is 42.5 Å². The van der Waals surface area contributed by atoms with Gasteiger partial charge in [0.1, 0.15) is 5.82 Å². The number of nitrogens with zero attached hydrogens (tertiary/aromatic N) is 4. The van der Waals surface area contributed by atoms with Gasteiger partial charge in [-0.2, -0.15) is 5.10 Å². The third-order valence-electron chi connectivity index (χ3n) is 4.89. The first-order chi connectivity index (χ1) is 16.5. The first-order valence-corrected chi connectivity index (χ1v) is 11.5. The predicted molar refractivity (Wildman–Crippen MR) is 129 cm³/mol. The number of fused-ring (bicyclic) bond motifs is 1. The molecule has 11 heteroatoms. The summed E-state index contributed by atoms with van der Waals surface area (Å²) in [6.45, 7) is 0.0000947. The van der Waals surface area contributed by atoms with Crippen molar-refractivity contribution in [3.63, 3.8) is 0 Å². The quantitative estimate of drug-likeness (QED) is 0.180. The predicted octanol–water partition coefficient (Wildman–Crippen LogP) is 5.87. The first-order valence-electron chi connectivity index (χ1n) is 9.87. The molecule has 4 aromatic rings. The molecule has 0 aliphatic carbocycles. The topological polar surface area (TPSA) is 91.2 Å². The maximum atomic E-state index is 13.3. The molecular formula is C23H14BrFN4O4S. The summed E-state index contributed by atoms with van der Waals surface area (Å²) < 4.78 is 26.4. The SMILES string of the molecule is O=[N+]([O-])c1cc2c(cc1C=Nn1c(-c3cccc(Br)c3)csc1=Nc1ccc(F)cc1)OCO2. The molecule has 0 N–H and O–H groups in total. The molecule has 34 heavy (non-hydrogen) atoms. The molecular weight excluding hydrogens is 527 g/mol. The van der Waals surface area contributed by atoms with Crippen molar-refractivity contribution in [1.82, 2.24) is 4.68 Å². The molecule has 0 fully saturated rings. The number of nitro groups is 1. The minimum atomic E-state index is -0.499. The Morgan fingerprint density at radius 2 is 1.88 bits per heavy atom. The van der Waals surface area contributed by atoms with Crippen LogP contribution in [0.3, 0.4) is 0 Å². The molecule has 170 valence electrons. The van der Waals surface area contributed by atoms with E-state index in [-0.39, 0.29) is 23.9 Å². The second-order valence-electron chi connectivity index (χ2n) is 7.08. The number of rotatable bonds is 5. The van der Waals surface area contributed by atoms with Crippen molar-refractivity contribution < 1.29 is 18.8 Å². The van der Waals surface area contributed by atoms with Crippen molar-refractivity contribution in [3.05, 3.63) is 96.8 Å². The van der Waals surface area contributed by atoms with E-state index in [2.05, 4.69) is 26.0 Å². The Morgan fingerprint density at radius 3 is 2.62 bits per heavy atom. The molecule has 0 atom stereocenters. The molecule has 0 spiro atoms. The normalized spacial score (nSPS) is 13.1. The van der Waals surface area contributed by atoms with Crippen LogP contribution in [0.15, 0.2) is 80.6 Å². The van der Waals surface area contributed by atoms with Crippen LogP contribution in [-0.2, 0) is 0 Å². The van der Waals surface area contributed by atoms with E-state index in [9.17, 15) is 14.5 Å². The van der Waals surface area contributed by atoms with Crippen LogP contribution < -0.4 is 14.3 Å². The van der Waals surface area contributed by atoms with Gasteiger partial charge in [0.15, 0.2) is 11.5 Å². The summed E-state index contributed by atoms with van der Waals surface area (Å²) in [4.78, 5) is 16.2. The Morgan fingerprint density at radius 1 is 1.12 bits per heavy atom. The number of hydrogen-bond donors (Lipinski definition) is 0. The average molecular weight is 541 g/mol. The Bertz CT molecular complexity index is 1500. The average Bonchev–Trinajstić information content (AvgIpc) is 3.44. The molecule has 1 aliphatic rings. The number of halogens is 2. The van der Waals surface area contributed by atoms with E-state index in [1.165, 1.54) is 41.8 Å². The minimum absolute atomic E-state index is 0.0000947. The van der Waals surface area contributed by atoms with Crippen LogP contribution in [0.4, 0.5) is 15.8 Å². The summed E-state index contributed by atoms with van der Waals surface area (Å²) in [5.41, 5.74) is 2.23. The maximum absolute atomic E-state index is 13.3. The van der Waals surface area contributed by atoms with Crippen LogP contribution in [0.25, 0.3) is 11.3 Å². The highest BCUT2D eigenvalue weighted by Crippen LogP contribution is 2.37. The van der Waals surface area contributed by atoms with Crippen molar-refractivity contribution in [2.75, 3.05) is 6.79 Å². The molecule has 0 saturated heterocycles. The highest BCUT2D eigenvalue weighted by Gasteiger charge is 2.22. The van der Waals surface area contributed by atoms with E-state index in [4.69, 9.17) is 9.47 Å². The second kappa shape index (κ2) is 9.20. The van der Waals surface area contributed by atoms with Gasteiger partial charge in [-0.3, -0.25) is 10.1 Å². The van der Waals surface area contributed by atoms with Crippen LogP contribution in [0, 0.1) is 15.9 Å². The monoisotopic (exact) mass is 540 g/mol. The van der Waals surface area contributed by atoms with Gasteiger partial charge in [0.2, 0.25) is 11.6 Å². The number of ether oxygens (including phenoxy) is 2.